The molecule has 0 unspecified atom stereocenters. The molecule has 112 valence electrons. The molecule has 5 nitrogen and oxygen atoms in total. The van der Waals surface area contributed by atoms with Crippen LogP contribution < -0.4 is 10.0 Å². The molecule has 0 aliphatic heterocycles. The van der Waals surface area contributed by atoms with Gasteiger partial charge in [-0.15, -0.1) is 0 Å². The van der Waals surface area contributed by atoms with Gasteiger partial charge in [0.25, 0.3) is 0 Å². The zero-order valence-corrected chi connectivity index (χ0v) is 12.7. The summed E-state index contributed by atoms with van der Waals surface area (Å²) in [6.07, 6.45) is 4.05. The second kappa shape index (κ2) is 7.31. The van der Waals surface area contributed by atoms with Crippen molar-refractivity contribution in [3.63, 3.8) is 0 Å². The summed E-state index contributed by atoms with van der Waals surface area (Å²) in [7, 11) is -1.60. The SMILES string of the molecule is CNCc1ccc(S(=O)(=O)NCCc2cccnc2)cc1. The van der Waals surface area contributed by atoms with E-state index in [1.807, 2.05) is 31.3 Å². The number of hydrogen-bond donors (Lipinski definition) is 2. The fourth-order valence-electron chi connectivity index (χ4n) is 1.95. The molecular weight excluding hydrogens is 286 g/mol. The Bertz CT molecular complexity index is 655. The number of sulfonamides is 1. The molecule has 0 aliphatic carbocycles. The number of pyridine rings is 1. The molecule has 0 amide bonds. The monoisotopic (exact) mass is 305 g/mol. The van der Waals surface area contributed by atoms with Gasteiger partial charge in [0.05, 0.1) is 4.90 Å². The van der Waals surface area contributed by atoms with Crippen LogP contribution in [-0.2, 0) is 23.0 Å². The van der Waals surface area contributed by atoms with Gasteiger partial charge in [0, 0.05) is 25.5 Å². The highest BCUT2D eigenvalue weighted by atomic mass is 32.2. The molecule has 0 saturated carbocycles. The third kappa shape index (κ3) is 4.63. The molecule has 0 atom stereocenters. The lowest BCUT2D eigenvalue weighted by atomic mass is 10.2. The molecule has 2 rings (SSSR count). The topological polar surface area (TPSA) is 71.1 Å². The molecule has 21 heavy (non-hydrogen) atoms. The average Bonchev–Trinajstić information content (AvgIpc) is 2.49. The first-order valence-electron chi connectivity index (χ1n) is 6.74. The van der Waals surface area contributed by atoms with Crippen LogP contribution in [0.5, 0.6) is 0 Å². The lowest BCUT2D eigenvalue weighted by molar-refractivity contribution is 0.581. The number of nitrogens with zero attached hydrogens (tertiary/aromatic N) is 1. The van der Waals surface area contributed by atoms with E-state index in [0.717, 1.165) is 17.7 Å². The molecule has 0 aliphatic rings. The Balaban J connectivity index is 1.95. The standard InChI is InChI=1S/C15H19N3O2S/c1-16-11-14-4-6-15(7-5-14)21(19,20)18-10-8-13-3-2-9-17-12-13/h2-7,9,12,16,18H,8,10-11H2,1H3. The summed E-state index contributed by atoms with van der Waals surface area (Å²) in [5, 5.41) is 3.02. The van der Waals surface area contributed by atoms with Gasteiger partial charge in [-0.2, -0.15) is 0 Å². The maximum Gasteiger partial charge on any atom is 0.240 e. The molecule has 1 heterocycles. The van der Waals surface area contributed by atoms with Gasteiger partial charge >= 0.3 is 0 Å². The van der Waals surface area contributed by atoms with Crippen LogP contribution in [-0.4, -0.2) is 27.0 Å². The van der Waals surface area contributed by atoms with Crippen molar-refractivity contribution in [1.29, 1.82) is 0 Å². The van der Waals surface area contributed by atoms with Crippen molar-refractivity contribution in [3.8, 4) is 0 Å². The lowest BCUT2D eigenvalue weighted by Gasteiger charge is -2.07. The van der Waals surface area contributed by atoms with E-state index in [-0.39, 0.29) is 4.90 Å². The highest BCUT2D eigenvalue weighted by molar-refractivity contribution is 7.89. The smallest absolute Gasteiger partial charge is 0.240 e. The molecule has 0 spiro atoms. The molecule has 1 aromatic heterocycles. The van der Waals surface area contributed by atoms with Gasteiger partial charge in [-0.1, -0.05) is 18.2 Å². The minimum Gasteiger partial charge on any atom is -0.316 e. The Kier molecular flexibility index (Phi) is 5.44. The van der Waals surface area contributed by atoms with E-state index in [1.54, 1.807) is 24.5 Å². The van der Waals surface area contributed by atoms with Gasteiger partial charge < -0.3 is 5.32 Å². The molecule has 6 heteroatoms. The highest BCUT2D eigenvalue weighted by Gasteiger charge is 2.12. The molecule has 2 aromatic rings. The summed E-state index contributed by atoms with van der Waals surface area (Å²) in [6.45, 7) is 1.07. The molecule has 0 bridgehead atoms. The fourth-order valence-corrected chi connectivity index (χ4v) is 2.98. The maximum absolute atomic E-state index is 12.1. The number of nitrogens with one attached hydrogen (secondary N) is 2. The first-order chi connectivity index (χ1) is 10.1. The van der Waals surface area contributed by atoms with E-state index in [0.29, 0.717) is 13.0 Å². The Labute approximate surface area is 125 Å². The highest BCUT2D eigenvalue weighted by Crippen LogP contribution is 2.10. The summed E-state index contributed by atoms with van der Waals surface area (Å²) in [6, 6.07) is 10.6. The van der Waals surface area contributed by atoms with Gasteiger partial charge in [0.2, 0.25) is 10.0 Å². The second-order valence-electron chi connectivity index (χ2n) is 4.68. The molecule has 0 fully saturated rings. The van der Waals surface area contributed by atoms with Crippen molar-refractivity contribution >= 4 is 10.0 Å². The van der Waals surface area contributed by atoms with Gasteiger partial charge in [-0.3, -0.25) is 4.98 Å². The van der Waals surface area contributed by atoms with Crippen LogP contribution in [0, 0.1) is 0 Å². The first kappa shape index (κ1) is 15.6. The normalized spacial score (nSPS) is 11.5. The van der Waals surface area contributed by atoms with E-state index in [9.17, 15) is 8.42 Å². The minimum atomic E-state index is -3.45. The third-order valence-corrected chi connectivity index (χ3v) is 4.52. The van der Waals surface area contributed by atoms with Crippen molar-refractivity contribution in [2.75, 3.05) is 13.6 Å². The summed E-state index contributed by atoms with van der Waals surface area (Å²) < 4.78 is 26.9. The van der Waals surface area contributed by atoms with Crippen LogP contribution in [0.15, 0.2) is 53.7 Å². The molecule has 2 N–H and O–H groups in total. The number of aromatic nitrogens is 1. The van der Waals surface area contributed by atoms with Crippen LogP contribution in [0.25, 0.3) is 0 Å². The van der Waals surface area contributed by atoms with E-state index >= 15 is 0 Å². The zero-order valence-electron chi connectivity index (χ0n) is 11.9. The van der Waals surface area contributed by atoms with Crippen molar-refractivity contribution in [2.24, 2.45) is 0 Å². The third-order valence-electron chi connectivity index (χ3n) is 3.04. The van der Waals surface area contributed by atoms with Gasteiger partial charge in [0.1, 0.15) is 0 Å². The average molecular weight is 305 g/mol. The Hall–Kier alpha value is -1.76. The largest absolute Gasteiger partial charge is 0.316 e. The molecule has 1 aromatic carbocycles. The van der Waals surface area contributed by atoms with Crippen LogP contribution in [0.4, 0.5) is 0 Å². The van der Waals surface area contributed by atoms with E-state index < -0.39 is 10.0 Å². The fraction of sp³-hybridized carbons (Fsp3) is 0.267. The molecule has 0 radical (unpaired) electrons. The van der Waals surface area contributed by atoms with Gasteiger partial charge in [-0.05, 0) is 42.8 Å². The van der Waals surface area contributed by atoms with E-state index in [1.165, 1.54) is 0 Å². The van der Waals surface area contributed by atoms with Crippen molar-refractivity contribution in [3.05, 3.63) is 59.9 Å². The van der Waals surface area contributed by atoms with Crippen LogP contribution in [0.1, 0.15) is 11.1 Å². The van der Waals surface area contributed by atoms with Crippen molar-refractivity contribution < 1.29 is 8.42 Å². The predicted octanol–water partition coefficient (Wildman–Crippen LogP) is 1.32. The summed E-state index contributed by atoms with van der Waals surface area (Å²) >= 11 is 0. The zero-order chi connectivity index (χ0) is 15.1. The number of rotatable bonds is 7. The number of hydrogen-bond acceptors (Lipinski definition) is 4. The Morgan fingerprint density at radius 1 is 1.10 bits per heavy atom. The van der Waals surface area contributed by atoms with Crippen molar-refractivity contribution in [1.82, 2.24) is 15.0 Å². The lowest BCUT2D eigenvalue weighted by Crippen LogP contribution is -2.26. The van der Waals surface area contributed by atoms with Gasteiger partial charge in [0.15, 0.2) is 0 Å². The summed E-state index contributed by atoms with van der Waals surface area (Å²) in [5.74, 6) is 0. The van der Waals surface area contributed by atoms with E-state index in [2.05, 4.69) is 15.0 Å². The van der Waals surface area contributed by atoms with Crippen LogP contribution in [0.2, 0.25) is 0 Å². The quantitative estimate of drug-likeness (QED) is 0.809. The van der Waals surface area contributed by atoms with Crippen molar-refractivity contribution in [2.45, 2.75) is 17.9 Å². The first-order valence-corrected chi connectivity index (χ1v) is 8.22. The predicted molar refractivity (Wildman–Crippen MR) is 82.3 cm³/mol. The minimum absolute atomic E-state index is 0.286. The number of benzene rings is 1. The Morgan fingerprint density at radius 2 is 1.86 bits per heavy atom. The summed E-state index contributed by atoms with van der Waals surface area (Å²) in [5.41, 5.74) is 2.05. The Morgan fingerprint density at radius 3 is 2.48 bits per heavy atom. The van der Waals surface area contributed by atoms with Gasteiger partial charge in [-0.25, -0.2) is 13.1 Å². The van der Waals surface area contributed by atoms with Crippen LogP contribution in [0.3, 0.4) is 0 Å². The molecular formula is C15H19N3O2S. The maximum atomic E-state index is 12.1. The summed E-state index contributed by atoms with van der Waals surface area (Å²) in [4.78, 5) is 4.29. The van der Waals surface area contributed by atoms with Crippen LogP contribution >= 0.6 is 0 Å². The second-order valence-corrected chi connectivity index (χ2v) is 6.45. The van der Waals surface area contributed by atoms with E-state index in [4.69, 9.17) is 0 Å². The molecule has 0 saturated heterocycles.